The Balaban J connectivity index is 0.00000544. The van der Waals surface area contributed by atoms with Gasteiger partial charge in [0.1, 0.15) is 5.60 Å². The standard InChI is InChI=1S/C24H33N5O3.HI/c1-24(2,3)32-23(31)29-20-11-9-17(10-12-20)13-14-27-22(26-5)28-16-18-7-6-8-19(15-18)21(30)25-4;/h6-12,15H,13-14,16H2,1-5H3,(H,25,30)(H,29,31)(H2,26,27,28);1H. The Morgan fingerprint density at radius 1 is 1.00 bits per heavy atom. The minimum atomic E-state index is -0.533. The molecule has 0 aliphatic carbocycles. The number of amides is 2. The van der Waals surface area contributed by atoms with Crippen molar-refractivity contribution in [1.29, 1.82) is 0 Å². The van der Waals surface area contributed by atoms with Crippen molar-refractivity contribution in [2.24, 2.45) is 4.99 Å². The summed E-state index contributed by atoms with van der Waals surface area (Å²) in [5.41, 5.74) is 2.89. The lowest BCUT2D eigenvalue weighted by atomic mass is 10.1. The first kappa shape index (κ1) is 28.2. The maximum absolute atomic E-state index is 11.8. The van der Waals surface area contributed by atoms with Crippen molar-refractivity contribution in [3.8, 4) is 0 Å². The number of rotatable bonds is 7. The third-order valence-electron chi connectivity index (χ3n) is 4.41. The molecule has 0 fully saturated rings. The summed E-state index contributed by atoms with van der Waals surface area (Å²) in [6.07, 6.45) is 0.321. The number of nitrogens with one attached hydrogen (secondary N) is 4. The predicted molar refractivity (Wildman–Crippen MR) is 143 cm³/mol. The maximum Gasteiger partial charge on any atom is 0.412 e. The summed E-state index contributed by atoms with van der Waals surface area (Å²) < 4.78 is 5.25. The Morgan fingerprint density at radius 2 is 1.70 bits per heavy atom. The molecule has 0 radical (unpaired) electrons. The summed E-state index contributed by atoms with van der Waals surface area (Å²) in [5.74, 6) is 0.570. The number of anilines is 1. The van der Waals surface area contributed by atoms with Gasteiger partial charge in [-0.25, -0.2) is 4.79 Å². The van der Waals surface area contributed by atoms with E-state index in [1.54, 1.807) is 20.2 Å². The van der Waals surface area contributed by atoms with E-state index in [-0.39, 0.29) is 29.9 Å². The molecular formula is C24H34IN5O3. The van der Waals surface area contributed by atoms with Crippen LogP contribution >= 0.6 is 24.0 Å². The monoisotopic (exact) mass is 567 g/mol. The second kappa shape index (κ2) is 13.7. The van der Waals surface area contributed by atoms with E-state index in [4.69, 9.17) is 4.74 Å². The Labute approximate surface area is 213 Å². The molecule has 0 bridgehead atoms. The first-order chi connectivity index (χ1) is 15.2. The van der Waals surface area contributed by atoms with E-state index in [0.717, 1.165) is 17.5 Å². The Morgan fingerprint density at radius 3 is 2.30 bits per heavy atom. The van der Waals surface area contributed by atoms with Gasteiger partial charge in [0.25, 0.3) is 5.91 Å². The van der Waals surface area contributed by atoms with Crippen molar-refractivity contribution in [3.05, 3.63) is 65.2 Å². The molecule has 33 heavy (non-hydrogen) atoms. The molecule has 0 unspecified atom stereocenters. The number of hydrogen-bond acceptors (Lipinski definition) is 4. The molecule has 0 saturated heterocycles. The van der Waals surface area contributed by atoms with Crippen LogP contribution in [-0.2, 0) is 17.7 Å². The van der Waals surface area contributed by atoms with Crippen molar-refractivity contribution in [1.82, 2.24) is 16.0 Å². The van der Waals surface area contributed by atoms with Crippen LogP contribution < -0.4 is 21.3 Å². The Hall–Kier alpha value is -2.82. The molecule has 4 N–H and O–H groups in total. The van der Waals surface area contributed by atoms with Gasteiger partial charge >= 0.3 is 6.09 Å². The van der Waals surface area contributed by atoms with Gasteiger partial charge in [-0.05, 0) is 62.6 Å². The summed E-state index contributed by atoms with van der Waals surface area (Å²) in [6, 6.07) is 15.1. The molecule has 0 aromatic heterocycles. The van der Waals surface area contributed by atoms with Gasteiger partial charge in [0, 0.05) is 38.4 Å². The molecule has 2 amide bonds. The van der Waals surface area contributed by atoms with Gasteiger partial charge in [-0.1, -0.05) is 24.3 Å². The minimum Gasteiger partial charge on any atom is -0.444 e. The van der Waals surface area contributed by atoms with E-state index in [1.807, 2.05) is 63.2 Å². The molecule has 0 aliphatic rings. The molecule has 2 aromatic carbocycles. The SMILES string of the molecule is CN=C(NCCc1ccc(NC(=O)OC(C)(C)C)cc1)NCc1cccc(C(=O)NC)c1.I. The molecular weight excluding hydrogens is 533 g/mol. The van der Waals surface area contributed by atoms with E-state index in [0.29, 0.717) is 30.3 Å². The normalized spacial score (nSPS) is 11.1. The van der Waals surface area contributed by atoms with Crippen LogP contribution in [0.4, 0.5) is 10.5 Å². The van der Waals surface area contributed by atoms with Crippen LogP contribution in [0.25, 0.3) is 0 Å². The zero-order valence-corrected chi connectivity index (χ0v) is 22.2. The van der Waals surface area contributed by atoms with E-state index < -0.39 is 11.7 Å². The molecule has 0 aliphatic heterocycles. The lowest BCUT2D eigenvalue weighted by Crippen LogP contribution is -2.37. The summed E-state index contributed by atoms with van der Waals surface area (Å²) in [5, 5.41) is 11.9. The second-order valence-corrected chi connectivity index (χ2v) is 8.21. The van der Waals surface area contributed by atoms with Crippen molar-refractivity contribution in [2.75, 3.05) is 26.0 Å². The Kier molecular flexibility index (Phi) is 11.7. The highest BCUT2D eigenvalue weighted by atomic mass is 127. The van der Waals surface area contributed by atoms with Crippen molar-refractivity contribution in [3.63, 3.8) is 0 Å². The van der Waals surface area contributed by atoms with E-state index in [1.165, 1.54) is 0 Å². The number of nitrogens with zero attached hydrogens (tertiary/aromatic N) is 1. The zero-order chi connectivity index (χ0) is 23.6. The van der Waals surface area contributed by atoms with Gasteiger partial charge in [-0.2, -0.15) is 0 Å². The van der Waals surface area contributed by atoms with Crippen LogP contribution in [0.2, 0.25) is 0 Å². The van der Waals surface area contributed by atoms with Crippen LogP contribution in [0.3, 0.4) is 0 Å². The van der Waals surface area contributed by atoms with Crippen LogP contribution in [0.15, 0.2) is 53.5 Å². The smallest absolute Gasteiger partial charge is 0.412 e. The van der Waals surface area contributed by atoms with Gasteiger partial charge in [0.15, 0.2) is 5.96 Å². The lowest BCUT2D eigenvalue weighted by Gasteiger charge is -2.19. The molecule has 0 atom stereocenters. The fourth-order valence-corrected chi connectivity index (χ4v) is 2.87. The highest BCUT2D eigenvalue weighted by Gasteiger charge is 2.16. The van der Waals surface area contributed by atoms with Gasteiger partial charge in [0.05, 0.1) is 0 Å². The van der Waals surface area contributed by atoms with Crippen LogP contribution in [0.5, 0.6) is 0 Å². The third kappa shape index (κ3) is 10.6. The van der Waals surface area contributed by atoms with Crippen LogP contribution in [0.1, 0.15) is 42.3 Å². The fraction of sp³-hybridized carbons (Fsp3) is 0.375. The third-order valence-corrected chi connectivity index (χ3v) is 4.41. The number of guanidine groups is 1. The van der Waals surface area contributed by atoms with Gasteiger partial charge < -0.3 is 20.7 Å². The number of carbonyl (C=O) groups is 2. The number of aliphatic imine (C=N–C) groups is 1. The summed E-state index contributed by atoms with van der Waals surface area (Å²) in [7, 11) is 3.33. The Bertz CT molecular complexity index is 940. The average molecular weight is 567 g/mol. The van der Waals surface area contributed by atoms with Gasteiger partial charge in [-0.3, -0.25) is 15.1 Å². The first-order valence-electron chi connectivity index (χ1n) is 10.5. The average Bonchev–Trinajstić information content (AvgIpc) is 2.75. The van der Waals surface area contributed by atoms with E-state index in [2.05, 4.69) is 26.3 Å². The van der Waals surface area contributed by atoms with E-state index >= 15 is 0 Å². The molecule has 0 saturated carbocycles. The molecule has 9 heteroatoms. The topological polar surface area (TPSA) is 104 Å². The number of ether oxygens (including phenoxy) is 1. The molecule has 2 rings (SSSR count). The fourth-order valence-electron chi connectivity index (χ4n) is 2.87. The first-order valence-corrected chi connectivity index (χ1v) is 10.5. The van der Waals surface area contributed by atoms with Crippen molar-refractivity contribution < 1.29 is 14.3 Å². The van der Waals surface area contributed by atoms with Crippen LogP contribution in [0, 0.1) is 0 Å². The maximum atomic E-state index is 11.8. The number of hydrogen-bond donors (Lipinski definition) is 4. The van der Waals surface area contributed by atoms with Gasteiger partial charge in [0.2, 0.25) is 0 Å². The summed E-state index contributed by atoms with van der Waals surface area (Å²) in [4.78, 5) is 27.8. The van der Waals surface area contributed by atoms with Crippen molar-refractivity contribution in [2.45, 2.75) is 39.3 Å². The van der Waals surface area contributed by atoms with Gasteiger partial charge in [-0.15, -0.1) is 24.0 Å². The zero-order valence-electron chi connectivity index (χ0n) is 19.8. The second-order valence-electron chi connectivity index (χ2n) is 8.21. The number of halogens is 1. The van der Waals surface area contributed by atoms with Crippen molar-refractivity contribution >= 4 is 47.6 Å². The highest BCUT2D eigenvalue weighted by molar-refractivity contribution is 14.0. The van der Waals surface area contributed by atoms with Crippen LogP contribution in [-0.4, -0.2) is 44.2 Å². The molecule has 8 nitrogen and oxygen atoms in total. The summed E-state index contributed by atoms with van der Waals surface area (Å²) >= 11 is 0. The van der Waals surface area contributed by atoms with E-state index in [9.17, 15) is 9.59 Å². The molecule has 0 spiro atoms. The minimum absolute atomic E-state index is 0. The summed E-state index contributed by atoms with van der Waals surface area (Å²) in [6.45, 7) is 6.72. The lowest BCUT2D eigenvalue weighted by molar-refractivity contribution is 0.0635. The molecule has 2 aromatic rings. The number of benzene rings is 2. The highest BCUT2D eigenvalue weighted by Crippen LogP contribution is 2.13. The molecule has 0 heterocycles. The quantitative estimate of drug-likeness (QED) is 0.231. The number of carbonyl (C=O) groups excluding carboxylic acids is 2. The predicted octanol–water partition coefficient (Wildman–Crippen LogP) is 3.92. The largest absolute Gasteiger partial charge is 0.444 e. The molecule has 180 valence electrons.